The molecule has 0 saturated heterocycles. The number of aromatic nitrogens is 2. The Morgan fingerprint density at radius 3 is 2.63 bits per heavy atom. The minimum atomic E-state index is -0.673. The number of ether oxygens (including phenoxy) is 1. The van der Waals surface area contributed by atoms with Crippen molar-refractivity contribution in [3.05, 3.63) is 56.7 Å². The third-order valence-corrected chi connectivity index (χ3v) is 4.50. The summed E-state index contributed by atoms with van der Waals surface area (Å²) < 4.78 is 6.30. The first-order valence-corrected chi connectivity index (χ1v) is 9.83. The molecule has 0 unspecified atom stereocenters. The molecule has 0 saturated carbocycles. The van der Waals surface area contributed by atoms with Crippen LogP contribution in [0.3, 0.4) is 0 Å². The van der Waals surface area contributed by atoms with Crippen LogP contribution in [-0.4, -0.2) is 47.7 Å². The highest BCUT2D eigenvalue weighted by atomic mass is 32.2. The molecule has 2 aromatic rings. The molecule has 0 aliphatic heterocycles. The van der Waals surface area contributed by atoms with E-state index in [0.29, 0.717) is 13.0 Å². The van der Waals surface area contributed by atoms with E-state index in [0.717, 1.165) is 5.56 Å². The molecule has 0 atom stereocenters. The molecule has 8 nitrogen and oxygen atoms in total. The smallest absolute Gasteiger partial charge is 0.330 e. The molecule has 0 fully saturated rings. The number of nitrogen functional groups attached to an aromatic ring is 1. The molecule has 27 heavy (non-hydrogen) atoms. The van der Waals surface area contributed by atoms with Crippen LogP contribution in [0.5, 0.6) is 0 Å². The Kier molecular flexibility index (Phi) is 7.68. The zero-order valence-electron chi connectivity index (χ0n) is 15.4. The summed E-state index contributed by atoms with van der Waals surface area (Å²) in [7, 11) is 1.56. The van der Waals surface area contributed by atoms with E-state index in [1.54, 1.807) is 13.4 Å². The number of methoxy groups -OCH3 is 1. The van der Waals surface area contributed by atoms with E-state index in [2.05, 4.69) is 4.98 Å². The van der Waals surface area contributed by atoms with E-state index >= 15 is 0 Å². The predicted molar refractivity (Wildman–Crippen MR) is 109 cm³/mol. The number of hydrogen-bond acceptors (Lipinski definition) is 6. The van der Waals surface area contributed by atoms with Crippen molar-refractivity contribution in [3.8, 4) is 0 Å². The fraction of sp³-hybridized carbons (Fsp3) is 0.389. The number of amides is 1. The summed E-state index contributed by atoms with van der Waals surface area (Å²) in [5.74, 6) is -0.0795. The number of nitrogens with two attached hydrogens (primary N) is 1. The monoisotopic (exact) mass is 392 g/mol. The maximum absolute atomic E-state index is 12.6. The van der Waals surface area contributed by atoms with E-state index in [-0.39, 0.29) is 36.3 Å². The molecule has 0 spiro atoms. The van der Waals surface area contributed by atoms with Crippen molar-refractivity contribution in [2.24, 2.45) is 0 Å². The first kappa shape index (κ1) is 20.8. The van der Waals surface area contributed by atoms with Gasteiger partial charge in [-0.15, -0.1) is 0 Å². The van der Waals surface area contributed by atoms with Crippen molar-refractivity contribution >= 4 is 29.2 Å². The van der Waals surface area contributed by atoms with Crippen molar-refractivity contribution in [2.75, 3.05) is 42.9 Å². The number of benzene rings is 1. The van der Waals surface area contributed by atoms with E-state index in [9.17, 15) is 14.4 Å². The number of rotatable bonds is 9. The van der Waals surface area contributed by atoms with Gasteiger partial charge in [-0.3, -0.25) is 19.1 Å². The number of aromatic amines is 1. The first-order valence-electron chi connectivity index (χ1n) is 8.44. The van der Waals surface area contributed by atoms with Gasteiger partial charge in [0, 0.05) is 20.3 Å². The molecule has 0 aliphatic carbocycles. The molecule has 9 heteroatoms. The van der Waals surface area contributed by atoms with Crippen molar-refractivity contribution in [1.29, 1.82) is 0 Å². The highest BCUT2D eigenvalue weighted by Gasteiger charge is 2.23. The second-order valence-corrected chi connectivity index (χ2v) is 6.76. The van der Waals surface area contributed by atoms with Crippen LogP contribution in [0.25, 0.3) is 0 Å². The van der Waals surface area contributed by atoms with Gasteiger partial charge in [-0.2, -0.15) is 11.8 Å². The van der Waals surface area contributed by atoms with Gasteiger partial charge in [-0.25, -0.2) is 4.79 Å². The molecule has 2 rings (SSSR count). The normalized spacial score (nSPS) is 10.7. The van der Waals surface area contributed by atoms with Crippen LogP contribution < -0.4 is 21.9 Å². The lowest BCUT2D eigenvalue weighted by Crippen LogP contribution is -2.42. The molecular formula is C18H24N4O4S. The van der Waals surface area contributed by atoms with Crippen molar-refractivity contribution in [3.63, 3.8) is 0 Å². The van der Waals surface area contributed by atoms with Crippen molar-refractivity contribution in [2.45, 2.75) is 13.0 Å². The minimum Gasteiger partial charge on any atom is -0.385 e. The van der Waals surface area contributed by atoms with E-state index in [4.69, 9.17) is 10.5 Å². The van der Waals surface area contributed by atoms with Crippen LogP contribution in [0.1, 0.15) is 12.0 Å². The van der Waals surface area contributed by atoms with Gasteiger partial charge < -0.3 is 15.4 Å². The van der Waals surface area contributed by atoms with Crippen LogP contribution in [-0.2, 0) is 16.1 Å². The summed E-state index contributed by atoms with van der Waals surface area (Å²) in [5.41, 5.74) is 5.75. The topological polar surface area (TPSA) is 110 Å². The number of carbonyl (C=O) groups is 1. The fourth-order valence-corrected chi connectivity index (χ4v) is 3.09. The Bertz CT molecular complexity index is 879. The lowest BCUT2D eigenvalue weighted by Gasteiger charge is -2.24. The number of nitrogens with one attached hydrogen (secondary N) is 1. The van der Waals surface area contributed by atoms with Crippen LogP contribution in [0.2, 0.25) is 0 Å². The zero-order valence-corrected chi connectivity index (χ0v) is 16.3. The van der Waals surface area contributed by atoms with Gasteiger partial charge in [0.05, 0.1) is 12.3 Å². The van der Waals surface area contributed by atoms with Crippen molar-refractivity contribution < 1.29 is 9.53 Å². The summed E-state index contributed by atoms with van der Waals surface area (Å²) in [4.78, 5) is 40.9. The van der Waals surface area contributed by atoms with Gasteiger partial charge >= 0.3 is 5.69 Å². The van der Waals surface area contributed by atoms with Gasteiger partial charge in [0.2, 0.25) is 5.91 Å². The molecule has 0 aliphatic rings. The Labute approximate surface area is 161 Å². The van der Waals surface area contributed by atoms with Crippen LogP contribution in [0, 0.1) is 0 Å². The van der Waals surface area contributed by atoms with Gasteiger partial charge in [0.25, 0.3) is 5.56 Å². The second kappa shape index (κ2) is 9.98. The third kappa shape index (κ3) is 5.24. The van der Waals surface area contributed by atoms with Gasteiger partial charge in [-0.1, -0.05) is 30.3 Å². The molecule has 3 N–H and O–H groups in total. The Morgan fingerprint density at radius 2 is 2.00 bits per heavy atom. The average Bonchev–Trinajstić information content (AvgIpc) is 2.65. The largest absolute Gasteiger partial charge is 0.385 e. The number of carbonyl (C=O) groups excluding carboxylic acids is 1. The maximum atomic E-state index is 12.6. The van der Waals surface area contributed by atoms with Gasteiger partial charge in [0.1, 0.15) is 5.82 Å². The van der Waals surface area contributed by atoms with Gasteiger partial charge in [-0.05, 0) is 18.2 Å². The quantitative estimate of drug-likeness (QED) is 0.614. The SMILES string of the molecule is COCCCN(C(=O)CSC)c1c(N)n(Cc2ccccc2)c(=O)[nH]c1=O. The number of thioether (sulfide) groups is 1. The van der Waals surface area contributed by atoms with E-state index in [1.807, 2.05) is 30.3 Å². The van der Waals surface area contributed by atoms with E-state index < -0.39 is 11.2 Å². The standard InChI is InChI=1S/C18H24N4O4S/c1-26-10-6-9-21(14(23)12-27-2)15-16(19)22(18(25)20-17(15)24)11-13-7-4-3-5-8-13/h3-5,7-8H,6,9-12,19H2,1-2H3,(H,20,24,25). The second-order valence-electron chi connectivity index (χ2n) is 5.89. The maximum Gasteiger partial charge on any atom is 0.330 e. The molecule has 146 valence electrons. The summed E-state index contributed by atoms with van der Waals surface area (Å²) in [6.45, 7) is 0.895. The first-order chi connectivity index (χ1) is 13.0. The lowest BCUT2D eigenvalue weighted by atomic mass is 10.2. The Hall–Kier alpha value is -2.52. The predicted octanol–water partition coefficient (Wildman–Crippen LogP) is 0.900. The van der Waals surface area contributed by atoms with Gasteiger partial charge in [0.15, 0.2) is 5.69 Å². The molecule has 1 aromatic carbocycles. The third-order valence-electron chi connectivity index (χ3n) is 3.97. The average molecular weight is 392 g/mol. The summed E-state index contributed by atoms with van der Waals surface area (Å²) >= 11 is 1.35. The van der Waals surface area contributed by atoms with Crippen LogP contribution in [0.4, 0.5) is 11.5 Å². The lowest BCUT2D eigenvalue weighted by molar-refractivity contribution is -0.116. The Balaban J connectivity index is 2.48. The number of hydrogen-bond donors (Lipinski definition) is 2. The Morgan fingerprint density at radius 1 is 1.30 bits per heavy atom. The molecule has 0 radical (unpaired) electrons. The van der Waals surface area contributed by atoms with Crippen LogP contribution >= 0.6 is 11.8 Å². The minimum absolute atomic E-state index is 0.000634. The molecule has 1 heterocycles. The fourth-order valence-electron chi connectivity index (χ4n) is 2.69. The highest BCUT2D eigenvalue weighted by Crippen LogP contribution is 2.19. The van der Waals surface area contributed by atoms with E-state index in [1.165, 1.54) is 21.2 Å². The molecule has 1 amide bonds. The summed E-state index contributed by atoms with van der Waals surface area (Å²) in [6.07, 6.45) is 2.34. The molecule has 1 aromatic heterocycles. The number of H-pyrrole nitrogens is 1. The summed E-state index contributed by atoms with van der Waals surface area (Å²) in [6, 6.07) is 9.27. The number of anilines is 2. The van der Waals surface area contributed by atoms with Crippen LogP contribution in [0.15, 0.2) is 39.9 Å². The zero-order chi connectivity index (χ0) is 19.8. The van der Waals surface area contributed by atoms with Crippen molar-refractivity contribution in [1.82, 2.24) is 9.55 Å². The number of nitrogens with zero attached hydrogens (tertiary/aromatic N) is 2. The molecular weight excluding hydrogens is 368 g/mol. The summed E-state index contributed by atoms with van der Waals surface area (Å²) in [5, 5.41) is 0. The highest BCUT2D eigenvalue weighted by molar-refractivity contribution is 7.99. The molecule has 0 bridgehead atoms.